The van der Waals surface area contributed by atoms with E-state index in [-0.39, 0.29) is 29.4 Å². The Balaban J connectivity index is 1.68. The summed E-state index contributed by atoms with van der Waals surface area (Å²) < 4.78 is 27.9. The first-order valence-electron chi connectivity index (χ1n) is 10.0. The van der Waals surface area contributed by atoms with Gasteiger partial charge < -0.3 is 10.6 Å². The van der Waals surface area contributed by atoms with Gasteiger partial charge in [0.05, 0.1) is 12.2 Å². The minimum Gasteiger partial charge on any atom is -0.324 e. The zero-order valence-corrected chi connectivity index (χ0v) is 18.6. The molecule has 1 heterocycles. The van der Waals surface area contributed by atoms with Crippen molar-refractivity contribution in [2.24, 2.45) is 0 Å². The second-order valence-corrected chi connectivity index (χ2v) is 10.4. The molecular formula is C21H29N3O3S2. The van der Waals surface area contributed by atoms with Gasteiger partial charge in [-0.25, -0.2) is 8.42 Å². The lowest BCUT2D eigenvalue weighted by Crippen LogP contribution is -2.38. The fraction of sp³-hybridized carbons (Fsp3) is 0.476. The van der Waals surface area contributed by atoms with Crippen LogP contribution in [-0.4, -0.2) is 38.3 Å². The standard InChI is InChI=1S/C21H29N3O3S2/c1-16(19-12-8-14-28-19)22-15-21(25)23-18-11-6-7-13-20(18)29(26,27)24(2)17-9-4-3-5-10-17/h6-8,11-14,16-17,22H,3-5,9-10,15H2,1-2H3,(H,23,25). The molecule has 2 aromatic rings. The summed E-state index contributed by atoms with van der Waals surface area (Å²) in [7, 11) is -2.03. The van der Waals surface area contributed by atoms with Crippen molar-refractivity contribution in [3.05, 3.63) is 46.7 Å². The Bertz CT molecular complexity index is 907. The summed E-state index contributed by atoms with van der Waals surface area (Å²) in [6.07, 6.45) is 5.03. The molecular weight excluding hydrogens is 406 g/mol. The first-order valence-corrected chi connectivity index (χ1v) is 12.4. The van der Waals surface area contributed by atoms with Crippen molar-refractivity contribution in [2.75, 3.05) is 18.9 Å². The third kappa shape index (κ3) is 5.45. The van der Waals surface area contributed by atoms with Crippen LogP contribution in [0.2, 0.25) is 0 Å². The maximum absolute atomic E-state index is 13.2. The second-order valence-electron chi connectivity index (χ2n) is 7.48. The molecule has 0 radical (unpaired) electrons. The number of hydrogen-bond donors (Lipinski definition) is 2. The predicted octanol–water partition coefficient (Wildman–Crippen LogP) is 3.99. The number of anilines is 1. The summed E-state index contributed by atoms with van der Waals surface area (Å²) in [5.41, 5.74) is 0.325. The van der Waals surface area contributed by atoms with E-state index in [4.69, 9.17) is 0 Å². The zero-order chi connectivity index (χ0) is 20.9. The normalized spacial score (nSPS) is 16.7. The number of nitrogens with zero attached hydrogens (tertiary/aromatic N) is 1. The van der Waals surface area contributed by atoms with E-state index in [0.29, 0.717) is 5.69 Å². The van der Waals surface area contributed by atoms with Gasteiger partial charge in [0, 0.05) is 24.0 Å². The van der Waals surface area contributed by atoms with Gasteiger partial charge in [-0.3, -0.25) is 4.79 Å². The Kier molecular flexibility index (Phi) is 7.45. The Morgan fingerprint density at radius 2 is 1.90 bits per heavy atom. The molecule has 3 rings (SSSR count). The van der Waals surface area contributed by atoms with E-state index in [1.807, 2.05) is 24.4 Å². The van der Waals surface area contributed by atoms with Crippen molar-refractivity contribution >= 4 is 33.0 Å². The molecule has 1 aliphatic rings. The molecule has 1 aromatic heterocycles. The molecule has 2 N–H and O–H groups in total. The van der Waals surface area contributed by atoms with Crippen molar-refractivity contribution in [3.8, 4) is 0 Å². The number of rotatable bonds is 8. The summed E-state index contributed by atoms with van der Waals surface area (Å²) in [6, 6.07) is 10.7. The lowest BCUT2D eigenvalue weighted by molar-refractivity contribution is -0.115. The first kappa shape index (κ1) is 22.0. The highest BCUT2D eigenvalue weighted by Gasteiger charge is 2.31. The maximum atomic E-state index is 13.2. The average Bonchev–Trinajstić information content (AvgIpc) is 3.27. The van der Waals surface area contributed by atoms with Crippen molar-refractivity contribution in [2.45, 2.75) is 56.0 Å². The second kappa shape index (κ2) is 9.84. The molecule has 6 nitrogen and oxygen atoms in total. The molecule has 1 amide bonds. The Morgan fingerprint density at radius 1 is 1.17 bits per heavy atom. The molecule has 1 fully saturated rings. The Morgan fingerprint density at radius 3 is 2.59 bits per heavy atom. The van der Waals surface area contributed by atoms with Gasteiger partial charge in [0.25, 0.3) is 0 Å². The van der Waals surface area contributed by atoms with Crippen LogP contribution in [-0.2, 0) is 14.8 Å². The molecule has 0 saturated heterocycles. The molecule has 1 unspecified atom stereocenters. The van der Waals surface area contributed by atoms with Crippen LogP contribution in [0.4, 0.5) is 5.69 Å². The van der Waals surface area contributed by atoms with Crippen molar-refractivity contribution in [1.29, 1.82) is 0 Å². The van der Waals surface area contributed by atoms with Crippen molar-refractivity contribution < 1.29 is 13.2 Å². The van der Waals surface area contributed by atoms with Gasteiger partial charge in [0.2, 0.25) is 15.9 Å². The Labute approximate surface area is 177 Å². The monoisotopic (exact) mass is 435 g/mol. The van der Waals surface area contributed by atoms with Gasteiger partial charge in [-0.1, -0.05) is 37.5 Å². The number of thiophene rings is 1. The number of nitrogens with one attached hydrogen (secondary N) is 2. The number of sulfonamides is 1. The topological polar surface area (TPSA) is 78.5 Å². The quantitative estimate of drug-likeness (QED) is 0.657. The maximum Gasteiger partial charge on any atom is 0.245 e. The fourth-order valence-corrected chi connectivity index (χ4v) is 5.99. The third-order valence-corrected chi connectivity index (χ3v) is 8.47. The van der Waals surface area contributed by atoms with Crippen LogP contribution in [0, 0.1) is 0 Å². The van der Waals surface area contributed by atoms with Crippen LogP contribution in [0.1, 0.15) is 49.9 Å². The van der Waals surface area contributed by atoms with E-state index < -0.39 is 10.0 Å². The highest BCUT2D eigenvalue weighted by molar-refractivity contribution is 7.89. The van der Waals surface area contributed by atoms with E-state index in [9.17, 15) is 13.2 Å². The summed E-state index contributed by atoms with van der Waals surface area (Å²) >= 11 is 1.63. The number of benzene rings is 1. The van der Waals surface area contributed by atoms with Gasteiger partial charge in [0.15, 0.2) is 0 Å². The number of hydrogen-bond acceptors (Lipinski definition) is 5. The van der Waals surface area contributed by atoms with E-state index in [0.717, 1.165) is 37.0 Å². The minimum atomic E-state index is -3.68. The molecule has 158 valence electrons. The molecule has 0 bridgehead atoms. The predicted molar refractivity (Wildman–Crippen MR) is 118 cm³/mol. The van der Waals surface area contributed by atoms with E-state index in [2.05, 4.69) is 10.6 Å². The molecule has 1 saturated carbocycles. The van der Waals surface area contributed by atoms with E-state index >= 15 is 0 Å². The molecule has 0 aliphatic heterocycles. The van der Waals surface area contributed by atoms with Gasteiger partial charge in [-0.15, -0.1) is 11.3 Å². The molecule has 1 atom stereocenters. The highest BCUT2D eigenvalue weighted by Crippen LogP contribution is 2.29. The lowest BCUT2D eigenvalue weighted by atomic mass is 9.96. The molecule has 0 spiro atoms. The largest absolute Gasteiger partial charge is 0.324 e. The van der Waals surface area contributed by atoms with Crippen LogP contribution < -0.4 is 10.6 Å². The number of carbonyl (C=O) groups is 1. The molecule has 1 aliphatic carbocycles. The number of amides is 1. The zero-order valence-electron chi connectivity index (χ0n) is 16.9. The number of para-hydroxylation sites is 1. The van der Waals surface area contributed by atoms with Crippen LogP contribution in [0.3, 0.4) is 0 Å². The van der Waals surface area contributed by atoms with Crippen LogP contribution in [0.15, 0.2) is 46.7 Å². The summed E-state index contributed by atoms with van der Waals surface area (Å²) in [5, 5.41) is 7.94. The number of carbonyl (C=O) groups excluding carboxylic acids is 1. The van der Waals surface area contributed by atoms with Gasteiger partial charge >= 0.3 is 0 Å². The summed E-state index contributed by atoms with van der Waals surface area (Å²) in [5.74, 6) is -0.267. The van der Waals surface area contributed by atoms with Crippen LogP contribution in [0.25, 0.3) is 0 Å². The lowest BCUT2D eigenvalue weighted by Gasteiger charge is -2.30. The van der Waals surface area contributed by atoms with E-state index in [1.165, 1.54) is 4.31 Å². The summed E-state index contributed by atoms with van der Waals surface area (Å²) in [6.45, 7) is 2.10. The van der Waals surface area contributed by atoms with Crippen molar-refractivity contribution in [1.82, 2.24) is 9.62 Å². The van der Waals surface area contributed by atoms with Gasteiger partial charge in [0.1, 0.15) is 4.90 Å². The van der Waals surface area contributed by atoms with E-state index in [1.54, 1.807) is 42.6 Å². The molecule has 1 aromatic carbocycles. The average molecular weight is 436 g/mol. The highest BCUT2D eigenvalue weighted by atomic mass is 32.2. The van der Waals surface area contributed by atoms with Crippen LogP contribution >= 0.6 is 11.3 Å². The van der Waals surface area contributed by atoms with Gasteiger partial charge in [-0.05, 0) is 43.3 Å². The molecule has 29 heavy (non-hydrogen) atoms. The third-order valence-electron chi connectivity index (χ3n) is 5.45. The Hall–Kier alpha value is -1.74. The van der Waals surface area contributed by atoms with Crippen LogP contribution in [0.5, 0.6) is 0 Å². The smallest absolute Gasteiger partial charge is 0.245 e. The first-order chi connectivity index (χ1) is 13.9. The SMILES string of the molecule is CC(NCC(=O)Nc1ccccc1S(=O)(=O)N(C)C1CCCCC1)c1cccs1. The minimum absolute atomic E-state index is 0.0193. The van der Waals surface area contributed by atoms with Crippen molar-refractivity contribution in [3.63, 3.8) is 0 Å². The van der Waals surface area contributed by atoms with Gasteiger partial charge in [-0.2, -0.15) is 4.31 Å². The molecule has 8 heteroatoms. The summed E-state index contributed by atoms with van der Waals surface area (Å²) in [4.78, 5) is 13.8. The fourth-order valence-electron chi connectivity index (χ4n) is 3.67.